The zero-order valence-electron chi connectivity index (χ0n) is 26.9. The van der Waals surface area contributed by atoms with Crippen LogP contribution >= 0.6 is 0 Å². The average Bonchev–Trinajstić information content (AvgIpc) is 3.18. The molecule has 9 aromatic rings. The second-order valence-corrected chi connectivity index (χ2v) is 12.4. The lowest BCUT2D eigenvalue weighted by Gasteiger charge is -2.27. The van der Waals surface area contributed by atoms with E-state index in [4.69, 9.17) is 4.98 Å². The van der Waals surface area contributed by atoms with E-state index in [1.165, 1.54) is 54.6 Å². The van der Waals surface area contributed by atoms with Crippen LogP contribution < -0.4 is 4.90 Å². The molecule has 0 bridgehead atoms. The summed E-state index contributed by atoms with van der Waals surface area (Å²) in [5.41, 5.74) is 10.3. The molecular weight excluding hydrogens is 593 g/mol. The summed E-state index contributed by atoms with van der Waals surface area (Å²) >= 11 is 0. The minimum atomic E-state index is 0.978. The summed E-state index contributed by atoms with van der Waals surface area (Å²) in [5, 5.41) is 7.35. The maximum absolute atomic E-state index is 4.70. The molecule has 2 nitrogen and oxygen atoms in total. The smallest absolute Gasteiger partial charge is 0.0708 e. The third kappa shape index (κ3) is 5.21. The van der Waals surface area contributed by atoms with Crippen LogP contribution in [0.5, 0.6) is 0 Å². The largest absolute Gasteiger partial charge is 0.310 e. The molecule has 0 aliphatic rings. The van der Waals surface area contributed by atoms with Gasteiger partial charge in [0.1, 0.15) is 0 Å². The van der Waals surface area contributed by atoms with Gasteiger partial charge in [-0.15, -0.1) is 0 Å². The molecule has 8 aromatic carbocycles. The number of nitrogens with zero attached hydrogens (tertiary/aromatic N) is 2. The van der Waals surface area contributed by atoms with Gasteiger partial charge in [0.25, 0.3) is 0 Å². The number of para-hydroxylation sites is 1. The molecule has 0 radical (unpaired) electrons. The first-order valence-electron chi connectivity index (χ1n) is 16.7. The zero-order chi connectivity index (χ0) is 32.6. The molecule has 0 saturated heterocycles. The van der Waals surface area contributed by atoms with E-state index in [9.17, 15) is 0 Å². The third-order valence-corrected chi connectivity index (χ3v) is 9.50. The number of rotatable bonds is 6. The lowest BCUT2D eigenvalue weighted by Crippen LogP contribution is -2.10. The molecule has 0 N–H and O–H groups in total. The molecule has 0 aliphatic heterocycles. The van der Waals surface area contributed by atoms with Crippen LogP contribution in [0.25, 0.3) is 65.8 Å². The number of hydrogen-bond acceptors (Lipinski definition) is 2. The highest BCUT2D eigenvalue weighted by molar-refractivity contribution is 6.08. The van der Waals surface area contributed by atoms with Crippen LogP contribution in [0, 0.1) is 0 Å². The van der Waals surface area contributed by atoms with Crippen molar-refractivity contribution in [2.75, 3.05) is 4.90 Å². The highest BCUT2D eigenvalue weighted by Crippen LogP contribution is 2.43. The molecule has 0 saturated carbocycles. The summed E-state index contributed by atoms with van der Waals surface area (Å²) in [6, 6.07) is 67.4. The van der Waals surface area contributed by atoms with Crippen LogP contribution in [0.3, 0.4) is 0 Å². The van der Waals surface area contributed by atoms with E-state index in [0.29, 0.717) is 0 Å². The van der Waals surface area contributed by atoms with Gasteiger partial charge in [-0.05, 0) is 97.7 Å². The van der Waals surface area contributed by atoms with Gasteiger partial charge in [0.2, 0.25) is 0 Å². The predicted molar refractivity (Wildman–Crippen MR) is 208 cm³/mol. The molecular formula is C47H32N2. The van der Waals surface area contributed by atoms with E-state index in [2.05, 4.69) is 187 Å². The van der Waals surface area contributed by atoms with E-state index in [1.54, 1.807) is 0 Å². The first kappa shape index (κ1) is 28.7. The van der Waals surface area contributed by atoms with E-state index in [-0.39, 0.29) is 0 Å². The molecule has 49 heavy (non-hydrogen) atoms. The van der Waals surface area contributed by atoms with Gasteiger partial charge >= 0.3 is 0 Å². The monoisotopic (exact) mass is 624 g/mol. The number of anilines is 3. The number of fused-ring (bicyclic) bond motifs is 3. The van der Waals surface area contributed by atoms with Crippen molar-refractivity contribution in [3.8, 4) is 33.5 Å². The average molecular weight is 625 g/mol. The van der Waals surface area contributed by atoms with E-state index in [1.807, 2.05) is 12.3 Å². The Hall–Kier alpha value is -6.51. The molecule has 0 spiro atoms. The molecule has 1 aromatic heterocycles. The highest BCUT2D eigenvalue weighted by atomic mass is 15.1. The Labute approximate surface area is 286 Å². The van der Waals surface area contributed by atoms with E-state index in [0.717, 1.165) is 28.3 Å². The Morgan fingerprint density at radius 1 is 0.367 bits per heavy atom. The molecule has 0 amide bonds. The highest BCUT2D eigenvalue weighted by Gasteiger charge is 2.18. The topological polar surface area (TPSA) is 16.1 Å². The molecule has 0 unspecified atom stereocenters. The standard InChI is InChI=1S/C47H32N2/c1-2-16-38(17-3-1)49(46-30-29-40(42-18-6-7-19-43(42)46)37-24-23-33-12-4-5-13-36(33)32-37)39-27-25-34(26-28-39)41-20-10-14-35-15-11-21-44(47(35)41)45-22-8-9-31-48-45/h1-32H. The van der Waals surface area contributed by atoms with Crippen molar-refractivity contribution in [1.82, 2.24) is 4.98 Å². The second kappa shape index (κ2) is 12.3. The van der Waals surface area contributed by atoms with E-state index >= 15 is 0 Å². The Morgan fingerprint density at radius 3 is 1.82 bits per heavy atom. The first-order chi connectivity index (χ1) is 24.3. The van der Waals surface area contributed by atoms with Gasteiger partial charge in [-0.25, -0.2) is 0 Å². The Kier molecular flexibility index (Phi) is 7.18. The number of hydrogen-bond donors (Lipinski definition) is 0. The van der Waals surface area contributed by atoms with Crippen molar-refractivity contribution in [3.05, 3.63) is 194 Å². The van der Waals surface area contributed by atoms with Crippen LogP contribution in [0.1, 0.15) is 0 Å². The third-order valence-electron chi connectivity index (χ3n) is 9.50. The van der Waals surface area contributed by atoms with Crippen molar-refractivity contribution < 1.29 is 0 Å². The van der Waals surface area contributed by atoms with Gasteiger partial charge in [-0.2, -0.15) is 0 Å². The van der Waals surface area contributed by atoms with Gasteiger partial charge in [0, 0.05) is 28.5 Å². The van der Waals surface area contributed by atoms with Gasteiger partial charge in [-0.3, -0.25) is 4.98 Å². The van der Waals surface area contributed by atoms with Gasteiger partial charge in [-0.1, -0.05) is 140 Å². The van der Waals surface area contributed by atoms with Crippen molar-refractivity contribution >= 4 is 49.4 Å². The summed E-state index contributed by atoms with van der Waals surface area (Å²) in [6.07, 6.45) is 1.86. The molecule has 0 fully saturated rings. The lowest BCUT2D eigenvalue weighted by molar-refractivity contribution is 1.30. The Morgan fingerprint density at radius 2 is 1.02 bits per heavy atom. The summed E-state index contributed by atoms with van der Waals surface area (Å²) in [5.74, 6) is 0. The number of pyridine rings is 1. The fraction of sp³-hybridized carbons (Fsp3) is 0. The van der Waals surface area contributed by atoms with Gasteiger partial charge < -0.3 is 4.90 Å². The fourth-order valence-electron chi connectivity index (χ4n) is 7.20. The molecule has 0 aliphatic carbocycles. The number of benzene rings is 8. The minimum Gasteiger partial charge on any atom is -0.310 e. The summed E-state index contributed by atoms with van der Waals surface area (Å²) < 4.78 is 0. The van der Waals surface area contributed by atoms with Crippen LogP contribution in [-0.2, 0) is 0 Å². The Balaban J connectivity index is 1.18. The van der Waals surface area contributed by atoms with Crippen LogP contribution in [-0.4, -0.2) is 4.98 Å². The van der Waals surface area contributed by atoms with Crippen LogP contribution in [0.4, 0.5) is 17.1 Å². The van der Waals surface area contributed by atoms with Crippen LogP contribution in [0.2, 0.25) is 0 Å². The van der Waals surface area contributed by atoms with Crippen LogP contribution in [0.15, 0.2) is 194 Å². The minimum absolute atomic E-state index is 0.978. The maximum atomic E-state index is 4.70. The van der Waals surface area contributed by atoms with Gasteiger partial charge in [0.05, 0.1) is 11.4 Å². The second-order valence-electron chi connectivity index (χ2n) is 12.4. The SMILES string of the molecule is c1ccc(N(c2ccc(-c3cccc4cccc(-c5ccccn5)c34)cc2)c2ccc(-c3ccc4ccccc4c3)c3ccccc23)cc1. The molecule has 2 heteroatoms. The molecule has 230 valence electrons. The summed E-state index contributed by atoms with van der Waals surface area (Å²) in [7, 11) is 0. The molecule has 0 atom stereocenters. The lowest BCUT2D eigenvalue weighted by atomic mass is 9.93. The summed E-state index contributed by atoms with van der Waals surface area (Å²) in [4.78, 5) is 7.07. The van der Waals surface area contributed by atoms with Crippen molar-refractivity contribution in [2.24, 2.45) is 0 Å². The first-order valence-corrected chi connectivity index (χ1v) is 16.7. The summed E-state index contributed by atoms with van der Waals surface area (Å²) in [6.45, 7) is 0. The quantitative estimate of drug-likeness (QED) is 0.183. The predicted octanol–water partition coefficient (Wildman–Crippen LogP) is 13.0. The molecule has 1 heterocycles. The van der Waals surface area contributed by atoms with Gasteiger partial charge in [0.15, 0.2) is 0 Å². The van der Waals surface area contributed by atoms with Crippen molar-refractivity contribution in [1.29, 1.82) is 0 Å². The van der Waals surface area contributed by atoms with E-state index < -0.39 is 0 Å². The number of aromatic nitrogens is 1. The molecule has 9 rings (SSSR count). The van der Waals surface area contributed by atoms with Crippen molar-refractivity contribution in [2.45, 2.75) is 0 Å². The fourth-order valence-corrected chi connectivity index (χ4v) is 7.20. The zero-order valence-corrected chi connectivity index (χ0v) is 26.9. The Bertz CT molecular complexity index is 2590. The maximum Gasteiger partial charge on any atom is 0.0708 e. The van der Waals surface area contributed by atoms with Crippen molar-refractivity contribution in [3.63, 3.8) is 0 Å². The normalized spacial score (nSPS) is 11.3.